The molecule has 2 heteroatoms. The molecule has 1 fully saturated rings. The molecule has 0 bridgehead atoms. The zero-order valence-corrected chi connectivity index (χ0v) is 14.0. The molecular formula is C19H27N2+. The van der Waals surface area contributed by atoms with Crippen molar-refractivity contribution in [2.45, 2.75) is 46.0 Å². The Kier molecular flexibility index (Phi) is 3.43. The van der Waals surface area contributed by atoms with E-state index in [1.807, 2.05) is 0 Å². The van der Waals surface area contributed by atoms with Crippen LogP contribution in [0, 0.1) is 6.92 Å². The lowest BCUT2D eigenvalue weighted by molar-refractivity contribution is -0.433. The summed E-state index contributed by atoms with van der Waals surface area (Å²) in [6.07, 6.45) is 4.95. The van der Waals surface area contributed by atoms with Gasteiger partial charge >= 0.3 is 0 Å². The SMILES string of the molecule is CC[N+]1=C(C=C2CCCN2C)C(C)(C)c2cc(C)ccc21. The second-order valence-corrected chi connectivity index (χ2v) is 6.94. The molecule has 0 radical (unpaired) electrons. The highest BCUT2D eigenvalue weighted by Crippen LogP contribution is 2.41. The first-order chi connectivity index (χ1) is 9.95. The van der Waals surface area contributed by atoms with Gasteiger partial charge in [0.2, 0.25) is 5.69 Å². The van der Waals surface area contributed by atoms with Gasteiger partial charge in [0.25, 0.3) is 0 Å². The third-order valence-electron chi connectivity index (χ3n) is 5.08. The highest BCUT2D eigenvalue weighted by atomic mass is 15.1. The van der Waals surface area contributed by atoms with Crippen molar-refractivity contribution in [2.75, 3.05) is 20.1 Å². The highest BCUT2D eigenvalue weighted by Gasteiger charge is 2.44. The molecule has 1 aromatic carbocycles. The Morgan fingerprint density at radius 2 is 2.10 bits per heavy atom. The number of rotatable bonds is 2. The number of nitrogens with zero attached hydrogens (tertiary/aromatic N) is 2. The summed E-state index contributed by atoms with van der Waals surface area (Å²) in [5.74, 6) is 0. The lowest BCUT2D eigenvalue weighted by atomic mass is 9.80. The first kappa shape index (κ1) is 14.4. The molecule has 0 saturated carbocycles. The second kappa shape index (κ2) is 5.01. The van der Waals surface area contributed by atoms with Crippen molar-refractivity contribution in [3.63, 3.8) is 0 Å². The molecule has 0 spiro atoms. The van der Waals surface area contributed by atoms with Crippen LogP contribution in [0.1, 0.15) is 44.7 Å². The van der Waals surface area contributed by atoms with Crippen molar-refractivity contribution in [1.82, 2.24) is 4.90 Å². The number of allylic oxidation sites excluding steroid dienone is 2. The van der Waals surface area contributed by atoms with Crippen LogP contribution in [-0.2, 0) is 5.41 Å². The van der Waals surface area contributed by atoms with Crippen LogP contribution in [0.4, 0.5) is 5.69 Å². The Morgan fingerprint density at radius 3 is 2.71 bits per heavy atom. The monoisotopic (exact) mass is 283 g/mol. The van der Waals surface area contributed by atoms with E-state index in [0.717, 1.165) is 6.54 Å². The summed E-state index contributed by atoms with van der Waals surface area (Å²) in [7, 11) is 2.22. The zero-order valence-electron chi connectivity index (χ0n) is 14.0. The lowest BCUT2D eigenvalue weighted by Gasteiger charge is -2.18. The molecule has 0 N–H and O–H groups in total. The molecule has 2 aliphatic heterocycles. The van der Waals surface area contributed by atoms with Crippen molar-refractivity contribution in [3.8, 4) is 0 Å². The molecule has 1 aromatic rings. The van der Waals surface area contributed by atoms with E-state index in [9.17, 15) is 0 Å². The molecule has 2 nitrogen and oxygen atoms in total. The quantitative estimate of drug-likeness (QED) is 0.744. The van der Waals surface area contributed by atoms with Gasteiger partial charge in [-0.2, -0.15) is 4.58 Å². The number of aryl methyl sites for hydroxylation is 1. The maximum absolute atomic E-state index is 2.49. The average Bonchev–Trinajstić information content (AvgIpc) is 2.92. The maximum Gasteiger partial charge on any atom is 0.209 e. The van der Waals surface area contributed by atoms with Crippen LogP contribution in [0.5, 0.6) is 0 Å². The molecule has 0 aromatic heterocycles. The summed E-state index contributed by atoms with van der Waals surface area (Å²) in [5.41, 5.74) is 7.24. The lowest BCUT2D eigenvalue weighted by Crippen LogP contribution is -2.29. The molecule has 0 amide bonds. The largest absolute Gasteiger partial charge is 0.378 e. The van der Waals surface area contributed by atoms with Gasteiger partial charge in [-0.25, -0.2) is 0 Å². The third kappa shape index (κ3) is 2.21. The fourth-order valence-electron chi connectivity index (χ4n) is 3.76. The second-order valence-electron chi connectivity index (χ2n) is 6.94. The summed E-state index contributed by atoms with van der Waals surface area (Å²) in [4.78, 5) is 2.41. The summed E-state index contributed by atoms with van der Waals surface area (Å²) in [5, 5.41) is 0. The normalized spacial score (nSPS) is 22.3. The van der Waals surface area contributed by atoms with Gasteiger partial charge in [-0.3, -0.25) is 0 Å². The molecule has 0 aliphatic carbocycles. The van der Waals surface area contributed by atoms with Crippen molar-refractivity contribution in [1.29, 1.82) is 0 Å². The van der Waals surface area contributed by atoms with Gasteiger partial charge in [0.1, 0.15) is 6.54 Å². The summed E-state index contributed by atoms with van der Waals surface area (Å²) >= 11 is 0. The van der Waals surface area contributed by atoms with E-state index in [-0.39, 0.29) is 5.41 Å². The van der Waals surface area contributed by atoms with E-state index in [1.54, 1.807) is 0 Å². The molecule has 0 atom stereocenters. The minimum Gasteiger partial charge on any atom is -0.378 e. The maximum atomic E-state index is 2.49. The van der Waals surface area contributed by atoms with Crippen LogP contribution in [0.25, 0.3) is 0 Å². The van der Waals surface area contributed by atoms with Gasteiger partial charge in [-0.05, 0) is 46.6 Å². The number of likely N-dealkylation sites (tertiary alicyclic amines) is 1. The van der Waals surface area contributed by atoms with Gasteiger partial charge in [0.05, 0.1) is 5.41 Å². The van der Waals surface area contributed by atoms with Gasteiger partial charge in [-0.1, -0.05) is 11.6 Å². The van der Waals surface area contributed by atoms with E-state index >= 15 is 0 Å². The number of hydrogen-bond donors (Lipinski definition) is 0. The molecule has 2 heterocycles. The van der Waals surface area contributed by atoms with Crippen molar-refractivity contribution >= 4 is 11.4 Å². The Labute approximate surface area is 128 Å². The van der Waals surface area contributed by atoms with Crippen molar-refractivity contribution in [2.24, 2.45) is 0 Å². The smallest absolute Gasteiger partial charge is 0.209 e. The minimum absolute atomic E-state index is 0.0911. The van der Waals surface area contributed by atoms with Crippen LogP contribution < -0.4 is 0 Å². The molecule has 21 heavy (non-hydrogen) atoms. The third-order valence-corrected chi connectivity index (χ3v) is 5.08. The first-order valence-corrected chi connectivity index (χ1v) is 8.13. The number of benzene rings is 1. The van der Waals surface area contributed by atoms with Gasteiger partial charge in [0.15, 0.2) is 5.71 Å². The Hall–Kier alpha value is -1.57. The number of fused-ring (bicyclic) bond motifs is 1. The Bertz CT molecular complexity index is 635. The van der Waals surface area contributed by atoms with E-state index in [0.29, 0.717) is 0 Å². The van der Waals surface area contributed by atoms with Crippen molar-refractivity contribution < 1.29 is 4.58 Å². The fraction of sp³-hybridized carbons (Fsp3) is 0.526. The van der Waals surface area contributed by atoms with Gasteiger partial charge < -0.3 is 4.90 Å². The van der Waals surface area contributed by atoms with Crippen LogP contribution in [0.2, 0.25) is 0 Å². The zero-order chi connectivity index (χ0) is 15.2. The van der Waals surface area contributed by atoms with Crippen LogP contribution >= 0.6 is 0 Å². The molecule has 2 aliphatic rings. The van der Waals surface area contributed by atoms with Crippen molar-refractivity contribution in [3.05, 3.63) is 41.1 Å². The Morgan fingerprint density at radius 1 is 1.33 bits per heavy atom. The predicted octanol–water partition coefficient (Wildman–Crippen LogP) is 4.00. The molecular weight excluding hydrogens is 256 g/mol. The highest BCUT2D eigenvalue weighted by molar-refractivity contribution is 6.03. The van der Waals surface area contributed by atoms with E-state index in [4.69, 9.17) is 0 Å². The van der Waals surface area contributed by atoms with Crippen LogP contribution in [0.15, 0.2) is 30.0 Å². The molecule has 112 valence electrons. The molecule has 1 saturated heterocycles. The summed E-state index contributed by atoms with van der Waals surface area (Å²) in [6, 6.07) is 6.89. The van der Waals surface area contributed by atoms with Crippen LogP contribution in [-0.4, -0.2) is 35.3 Å². The minimum atomic E-state index is 0.0911. The van der Waals surface area contributed by atoms with E-state index in [2.05, 4.69) is 68.5 Å². The predicted molar refractivity (Wildman–Crippen MR) is 89.6 cm³/mol. The topological polar surface area (TPSA) is 6.25 Å². The van der Waals surface area contributed by atoms with Crippen LogP contribution in [0.3, 0.4) is 0 Å². The first-order valence-electron chi connectivity index (χ1n) is 8.13. The van der Waals surface area contributed by atoms with E-state index < -0.39 is 0 Å². The molecule has 0 unspecified atom stereocenters. The summed E-state index contributed by atoms with van der Waals surface area (Å²) in [6.45, 7) is 11.4. The van der Waals surface area contributed by atoms with Gasteiger partial charge in [-0.15, -0.1) is 0 Å². The number of hydrogen-bond acceptors (Lipinski definition) is 1. The standard InChI is InChI=1S/C19H27N2/c1-6-21-17-10-9-14(2)12-16(17)19(3,4)18(21)13-15-8-7-11-20(15)5/h9-10,12-13H,6-8,11H2,1-5H3/q+1. The molecule has 3 rings (SSSR count). The average molecular weight is 283 g/mol. The fourth-order valence-corrected chi connectivity index (χ4v) is 3.76. The van der Waals surface area contributed by atoms with Gasteiger partial charge in [0, 0.05) is 37.0 Å². The van der Waals surface area contributed by atoms with E-state index in [1.165, 1.54) is 47.6 Å². The Balaban J connectivity index is 2.15. The summed E-state index contributed by atoms with van der Waals surface area (Å²) < 4.78 is 2.49.